The number of carboxylic acid groups (broad SMARTS) is 1. The van der Waals surface area contributed by atoms with Gasteiger partial charge in [0.2, 0.25) is 0 Å². The van der Waals surface area contributed by atoms with Gasteiger partial charge in [-0.2, -0.15) is 0 Å². The predicted molar refractivity (Wildman–Crippen MR) is 72.6 cm³/mol. The predicted octanol–water partition coefficient (Wildman–Crippen LogP) is 2.03. The second-order valence-electron chi connectivity index (χ2n) is 4.97. The Morgan fingerprint density at radius 2 is 2.32 bits per heavy atom. The zero-order chi connectivity index (χ0) is 13.8. The molecule has 1 aliphatic rings. The lowest BCUT2D eigenvalue weighted by Gasteiger charge is -2.30. The molecular weight excluding hydrogens is 244 g/mol. The van der Waals surface area contributed by atoms with Gasteiger partial charge >= 0.3 is 5.97 Å². The molecule has 5 nitrogen and oxygen atoms in total. The third kappa shape index (κ3) is 3.44. The Labute approximate surface area is 113 Å². The maximum atomic E-state index is 10.8. The van der Waals surface area contributed by atoms with Gasteiger partial charge in [0.1, 0.15) is 5.82 Å². The van der Waals surface area contributed by atoms with Crippen molar-refractivity contribution in [3.8, 4) is 0 Å². The molecule has 0 saturated heterocycles. The number of carboxylic acids is 1. The molecule has 1 heterocycles. The van der Waals surface area contributed by atoms with Gasteiger partial charge in [0.15, 0.2) is 0 Å². The Morgan fingerprint density at radius 3 is 2.79 bits per heavy atom. The summed E-state index contributed by atoms with van der Waals surface area (Å²) in [7, 11) is 1.68. The Hall–Kier alpha value is -1.62. The Morgan fingerprint density at radius 1 is 1.58 bits per heavy atom. The maximum absolute atomic E-state index is 10.8. The van der Waals surface area contributed by atoms with Crippen molar-refractivity contribution in [3.63, 3.8) is 0 Å². The van der Waals surface area contributed by atoms with Crippen LogP contribution in [0.4, 0.5) is 5.82 Å². The molecule has 1 aromatic heterocycles. The number of ether oxygens (including phenoxy) is 1. The standard InChI is InChI=1S/C14H20N2O3/c1-10(11-3-4-11)16(7-8-19-2)13-6-5-12(9-15-13)14(17)18/h5-6,9-11H,3-4,7-8H2,1-2H3,(H,17,18). The van der Waals surface area contributed by atoms with Crippen LogP contribution >= 0.6 is 0 Å². The van der Waals surface area contributed by atoms with Crippen LogP contribution in [-0.4, -0.2) is 42.4 Å². The normalized spacial score (nSPS) is 16.1. The van der Waals surface area contributed by atoms with E-state index in [1.807, 2.05) is 0 Å². The van der Waals surface area contributed by atoms with Crippen LogP contribution in [0.3, 0.4) is 0 Å². The molecule has 1 fully saturated rings. The van der Waals surface area contributed by atoms with Crippen molar-refractivity contribution in [2.24, 2.45) is 5.92 Å². The number of pyridine rings is 1. The van der Waals surface area contributed by atoms with Crippen molar-refractivity contribution in [1.29, 1.82) is 0 Å². The fraction of sp³-hybridized carbons (Fsp3) is 0.571. The lowest BCUT2D eigenvalue weighted by atomic mass is 10.1. The highest BCUT2D eigenvalue weighted by molar-refractivity contribution is 5.87. The highest BCUT2D eigenvalue weighted by Gasteiger charge is 2.32. The van der Waals surface area contributed by atoms with Crippen LogP contribution in [-0.2, 0) is 4.74 Å². The number of methoxy groups -OCH3 is 1. The van der Waals surface area contributed by atoms with E-state index in [9.17, 15) is 4.79 Å². The Kier molecular flexibility index (Phi) is 4.37. The molecule has 1 saturated carbocycles. The van der Waals surface area contributed by atoms with Gasteiger partial charge in [-0.05, 0) is 37.8 Å². The largest absolute Gasteiger partial charge is 0.478 e. The average molecular weight is 264 g/mol. The van der Waals surface area contributed by atoms with Gasteiger partial charge in [-0.1, -0.05) is 0 Å². The van der Waals surface area contributed by atoms with Gasteiger partial charge in [0, 0.05) is 25.9 Å². The molecule has 0 aromatic carbocycles. The van der Waals surface area contributed by atoms with Crippen molar-refractivity contribution in [2.75, 3.05) is 25.2 Å². The van der Waals surface area contributed by atoms with Gasteiger partial charge in [-0.3, -0.25) is 0 Å². The second kappa shape index (κ2) is 6.02. The molecule has 5 heteroatoms. The Balaban J connectivity index is 2.13. The number of rotatable bonds is 7. The molecule has 0 bridgehead atoms. The van der Waals surface area contributed by atoms with E-state index in [1.165, 1.54) is 19.0 Å². The maximum Gasteiger partial charge on any atom is 0.337 e. The van der Waals surface area contributed by atoms with Gasteiger partial charge in [0.05, 0.1) is 12.2 Å². The van der Waals surface area contributed by atoms with Gasteiger partial charge in [0.25, 0.3) is 0 Å². The van der Waals surface area contributed by atoms with Gasteiger partial charge in [-0.15, -0.1) is 0 Å². The molecule has 1 aliphatic carbocycles. The van der Waals surface area contributed by atoms with Crippen molar-refractivity contribution in [2.45, 2.75) is 25.8 Å². The number of carbonyl (C=O) groups is 1. The summed E-state index contributed by atoms with van der Waals surface area (Å²) in [5.41, 5.74) is 0.217. The fourth-order valence-electron chi connectivity index (χ4n) is 2.23. The third-order valence-corrected chi connectivity index (χ3v) is 3.62. The molecule has 0 aliphatic heterocycles. The summed E-state index contributed by atoms with van der Waals surface area (Å²) in [5.74, 6) is 0.594. The minimum atomic E-state index is -0.947. The van der Waals surface area contributed by atoms with E-state index in [2.05, 4.69) is 16.8 Å². The van der Waals surface area contributed by atoms with Gasteiger partial charge in [-0.25, -0.2) is 9.78 Å². The summed E-state index contributed by atoms with van der Waals surface area (Å²) in [6, 6.07) is 3.79. The van der Waals surface area contributed by atoms with Crippen LogP contribution in [0.5, 0.6) is 0 Å². The summed E-state index contributed by atoms with van der Waals surface area (Å²) >= 11 is 0. The van der Waals surface area contributed by atoms with Crippen LogP contribution in [0.25, 0.3) is 0 Å². The number of aromatic nitrogens is 1. The molecule has 0 amide bonds. The van der Waals surface area contributed by atoms with Crippen LogP contribution in [0, 0.1) is 5.92 Å². The second-order valence-corrected chi connectivity index (χ2v) is 4.97. The topological polar surface area (TPSA) is 62.7 Å². The fourth-order valence-corrected chi connectivity index (χ4v) is 2.23. The molecule has 2 rings (SSSR count). The van der Waals surface area contributed by atoms with Crippen LogP contribution in [0.1, 0.15) is 30.1 Å². The molecule has 0 spiro atoms. The molecule has 1 unspecified atom stereocenters. The van der Waals surface area contributed by atoms with E-state index in [0.717, 1.165) is 18.3 Å². The summed E-state index contributed by atoms with van der Waals surface area (Å²) in [5, 5.41) is 8.89. The summed E-state index contributed by atoms with van der Waals surface area (Å²) < 4.78 is 5.14. The van der Waals surface area contributed by atoms with Gasteiger partial charge < -0.3 is 14.7 Å². The van der Waals surface area contributed by atoms with Crippen molar-refractivity contribution < 1.29 is 14.6 Å². The van der Waals surface area contributed by atoms with E-state index >= 15 is 0 Å². The average Bonchev–Trinajstić information content (AvgIpc) is 3.23. The molecule has 0 radical (unpaired) electrons. The first kappa shape index (κ1) is 13.8. The zero-order valence-electron chi connectivity index (χ0n) is 11.4. The molecule has 104 valence electrons. The monoisotopic (exact) mass is 264 g/mol. The van der Waals surface area contributed by atoms with E-state index in [-0.39, 0.29) is 5.56 Å². The summed E-state index contributed by atoms with van der Waals surface area (Å²) in [6.45, 7) is 3.60. The number of aromatic carboxylic acids is 1. The lowest BCUT2D eigenvalue weighted by Crippen LogP contribution is -2.37. The zero-order valence-corrected chi connectivity index (χ0v) is 11.4. The number of nitrogens with zero attached hydrogens (tertiary/aromatic N) is 2. The van der Waals surface area contributed by atoms with Crippen LogP contribution < -0.4 is 4.90 Å². The lowest BCUT2D eigenvalue weighted by molar-refractivity contribution is 0.0696. The number of hydrogen-bond donors (Lipinski definition) is 1. The molecule has 1 N–H and O–H groups in total. The first-order chi connectivity index (χ1) is 9.13. The van der Waals surface area contributed by atoms with Crippen LogP contribution in [0.2, 0.25) is 0 Å². The van der Waals surface area contributed by atoms with E-state index in [1.54, 1.807) is 19.2 Å². The number of anilines is 1. The quantitative estimate of drug-likeness (QED) is 0.816. The van der Waals surface area contributed by atoms with E-state index in [4.69, 9.17) is 9.84 Å². The minimum absolute atomic E-state index is 0.217. The number of hydrogen-bond acceptors (Lipinski definition) is 4. The van der Waals surface area contributed by atoms with Crippen molar-refractivity contribution in [1.82, 2.24) is 4.98 Å². The SMILES string of the molecule is COCCN(c1ccc(C(=O)O)cn1)C(C)C1CC1. The highest BCUT2D eigenvalue weighted by Crippen LogP contribution is 2.36. The smallest absolute Gasteiger partial charge is 0.337 e. The van der Waals surface area contributed by atoms with Crippen molar-refractivity contribution >= 4 is 11.8 Å². The van der Waals surface area contributed by atoms with E-state index in [0.29, 0.717) is 12.6 Å². The molecule has 1 aromatic rings. The van der Waals surface area contributed by atoms with Crippen LogP contribution in [0.15, 0.2) is 18.3 Å². The molecular formula is C14H20N2O3. The van der Waals surface area contributed by atoms with Crippen molar-refractivity contribution in [3.05, 3.63) is 23.9 Å². The highest BCUT2D eigenvalue weighted by atomic mass is 16.5. The Bertz CT molecular complexity index is 429. The summed E-state index contributed by atoms with van der Waals surface area (Å²) in [4.78, 5) is 17.3. The molecule has 19 heavy (non-hydrogen) atoms. The van der Waals surface area contributed by atoms with E-state index < -0.39 is 5.97 Å². The first-order valence-corrected chi connectivity index (χ1v) is 6.58. The minimum Gasteiger partial charge on any atom is -0.478 e. The first-order valence-electron chi connectivity index (χ1n) is 6.58. The third-order valence-electron chi connectivity index (χ3n) is 3.62. The molecule has 1 atom stereocenters. The summed E-state index contributed by atoms with van der Waals surface area (Å²) in [6.07, 6.45) is 3.94.